The third-order valence-corrected chi connectivity index (χ3v) is 2.68. The van der Waals surface area contributed by atoms with Gasteiger partial charge in [0.25, 0.3) is 0 Å². The lowest BCUT2D eigenvalue weighted by molar-refractivity contribution is 0.179. The fraction of sp³-hybridized carbons (Fsp3) is 0.600. The van der Waals surface area contributed by atoms with Gasteiger partial charge in [0.1, 0.15) is 0 Å². The number of hydrogen-bond acceptors (Lipinski definition) is 2. The Bertz CT molecular complexity index is 313. The summed E-state index contributed by atoms with van der Waals surface area (Å²) in [7, 11) is 0. The summed E-state index contributed by atoms with van der Waals surface area (Å²) in [5.74, 6) is 0. The average molecular weight is 235 g/mol. The number of rotatable bonds is 5. The SMILES string of the molecule is CC(O)CNC(CC(C)(C)C)c1ccccc1. The number of hydrogen-bond donors (Lipinski definition) is 2. The van der Waals surface area contributed by atoms with E-state index in [0.29, 0.717) is 12.6 Å². The van der Waals surface area contributed by atoms with Crippen LogP contribution in [0, 0.1) is 5.41 Å². The fourth-order valence-electron chi connectivity index (χ4n) is 1.92. The predicted octanol–water partition coefficient (Wildman–Crippen LogP) is 3.13. The lowest BCUT2D eigenvalue weighted by Crippen LogP contribution is -2.31. The van der Waals surface area contributed by atoms with Gasteiger partial charge in [-0.15, -0.1) is 0 Å². The molecule has 1 aromatic carbocycles. The van der Waals surface area contributed by atoms with Crippen molar-refractivity contribution in [2.24, 2.45) is 5.41 Å². The summed E-state index contributed by atoms with van der Waals surface area (Å²) in [4.78, 5) is 0. The van der Waals surface area contributed by atoms with E-state index in [-0.39, 0.29) is 11.5 Å². The first-order valence-corrected chi connectivity index (χ1v) is 6.35. The molecule has 0 bridgehead atoms. The molecule has 0 amide bonds. The van der Waals surface area contributed by atoms with Crippen molar-refractivity contribution < 1.29 is 5.11 Å². The quantitative estimate of drug-likeness (QED) is 0.822. The van der Waals surface area contributed by atoms with Crippen LogP contribution in [0.5, 0.6) is 0 Å². The number of benzene rings is 1. The third-order valence-electron chi connectivity index (χ3n) is 2.68. The molecule has 2 heteroatoms. The van der Waals surface area contributed by atoms with Crippen molar-refractivity contribution >= 4 is 0 Å². The molecule has 2 nitrogen and oxygen atoms in total. The summed E-state index contributed by atoms with van der Waals surface area (Å²) in [6, 6.07) is 10.8. The molecule has 2 unspecified atom stereocenters. The van der Waals surface area contributed by atoms with Crippen LogP contribution in [0.4, 0.5) is 0 Å². The molecular weight excluding hydrogens is 210 g/mol. The van der Waals surface area contributed by atoms with Crippen molar-refractivity contribution in [2.75, 3.05) is 6.54 Å². The van der Waals surface area contributed by atoms with Crippen molar-refractivity contribution in [3.05, 3.63) is 35.9 Å². The van der Waals surface area contributed by atoms with Crippen molar-refractivity contribution in [3.63, 3.8) is 0 Å². The first-order chi connectivity index (χ1) is 7.88. The molecule has 0 fully saturated rings. The van der Waals surface area contributed by atoms with Gasteiger partial charge < -0.3 is 10.4 Å². The Morgan fingerprint density at radius 3 is 2.24 bits per heavy atom. The second kappa shape index (κ2) is 6.18. The van der Waals surface area contributed by atoms with Gasteiger partial charge in [-0.1, -0.05) is 51.1 Å². The van der Waals surface area contributed by atoms with Gasteiger partial charge in [0.15, 0.2) is 0 Å². The van der Waals surface area contributed by atoms with Crippen LogP contribution in [0.25, 0.3) is 0 Å². The van der Waals surface area contributed by atoms with Crippen molar-refractivity contribution in [2.45, 2.75) is 46.3 Å². The molecule has 17 heavy (non-hydrogen) atoms. The van der Waals surface area contributed by atoms with E-state index in [1.165, 1.54) is 5.56 Å². The minimum atomic E-state index is -0.304. The first kappa shape index (κ1) is 14.2. The van der Waals surface area contributed by atoms with Crippen LogP contribution in [-0.2, 0) is 0 Å². The van der Waals surface area contributed by atoms with E-state index >= 15 is 0 Å². The van der Waals surface area contributed by atoms with E-state index in [4.69, 9.17) is 0 Å². The normalized spacial score (nSPS) is 15.6. The van der Waals surface area contributed by atoms with Gasteiger partial charge in [0.2, 0.25) is 0 Å². The maximum absolute atomic E-state index is 9.38. The summed E-state index contributed by atoms with van der Waals surface area (Å²) in [5.41, 5.74) is 1.56. The van der Waals surface area contributed by atoms with Crippen molar-refractivity contribution in [1.29, 1.82) is 0 Å². The molecule has 96 valence electrons. The molecule has 0 heterocycles. The fourth-order valence-corrected chi connectivity index (χ4v) is 1.92. The number of aliphatic hydroxyl groups excluding tert-OH is 1. The monoisotopic (exact) mass is 235 g/mol. The largest absolute Gasteiger partial charge is 0.392 e. The maximum Gasteiger partial charge on any atom is 0.0636 e. The zero-order valence-corrected chi connectivity index (χ0v) is 11.4. The van der Waals surface area contributed by atoms with E-state index in [1.807, 2.05) is 13.0 Å². The average Bonchev–Trinajstić information content (AvgIpc) is 2.24. The van der Waals surface area contributed by atoms with Gasteiger partial charge in [-0.05, 0) is 24.3 Å². The van der Waals surface area contributed by atoms with Gasteiger partial charge in [-0.25, -0.2) is 0 Å². The van der Waals surface area contributed by atoms with Crippen LogP contribution in [0.1, 0.15) is 45.7 Å². The van der Waals surface area contributed by atoms with Crippen LogP contribution >= 0.6 is 0 Å². The Labute approximate surface area is 105 Å². The highest BCUT2D eigenvalue weighted by Crippen LogP contribution is 2.29. The molecule has 2 atom stereocenters. The van der Waals surface area contributed by atoms with Crippen LogP contribution < -0.4 is 5.32 Å². The third kappa shape index (κ3) is 5.85. The molecule has 0 saturated carbocycles. The summed E-state index contributed by atoms with van der Waals surface area (Å²) in [6.07, 6.45) is 0.755. The summed E-state index contributed by atoms with van der Waals surface area (Å²) in [5, 5.41) is 12.8. The Balaban J connectivity index is 2.72. The molecule has 0 aliphatic rings. The Kier molecular flexibility index (Phi) is 5.16. The topological polar surface area (TPSA) is 32.3 Å². The minimum Gasteiger partial charge on any atom is -0.392 e. The van der Waals surface area contributed by atoms with E-state index < -0.39 is 0 Å². The molecule has 1 rings (SSSR count). The lowest BCUT2D eigenvalue weighted by atomic mass is 9.85. The summed E-state index contributed by atoms with van der Waals surface area (Å²) < 4.78 is 0. The van der Waals surface area contributed by atoms with Gasteiger partial charge in [0.05, 0.1) is 6.10 Å². The highest BCUT2D eigenvalue weighted by atomic mass is 16.3. The van der Waals surface area contributed by atoms with Crippen LogP contribution in [0.2, 0.25) is 0 Å². The van der Waals surface area contributed by atoms with Gasteiger partial charge in [-0.3, -0.25) is 0 Å². The molecule has 0 aliphatic heterocycles. The minimum absolute atomic E-state index is 0.270. The summed E-state index contributed by atoms with van der Waals surface area (Å²) in [6.45, 7) is 9.18. The maximum atomic E-state index is 9.38. The molecule has 2 N–H and O–H groups in total. The van der Waals surface area contributed by atoms with E-state index in [0.717, 1.165) is 6.42 Å². The molecular formula is C15H25NO. The van der Waals surface area contributed by atoms with Crippen LogP contribution in [0.15, 0.2) is 30.3 Å². The standard InChI is InChI=1S/C15H25NO/c1-12(17)11-16-14(10-15(2,3)4)13-8-6-5-7-9-13/h5-9,12,14,16-17H,10-11H2,1-4H3. The Morgan fingerprint density at radius 1 is 1.18 bits per heavy atom. The molecule has 0 aromatic heterocycles. The number of nitrogens with one attached hydrogen (secondary N) is 1. The first-order valence-electron chi connectivity index (χ1n) is 6.35. The molecule has 0 spiro atoms. The van der Waals surface area contributed by atoms with Crippen molar-refractivity contribution in [3.8, 4) is 0 Å². The van der Waals surface area contributed by atoms with Gasteiger partial charge in [-0.2, -0.15) is 0 Å². The van der Waals surface area contributed by atoms with E-state index in [1.54, 1.807) is 0 Å². The second-order valence-electron chi connectivity index (χ2n) is 5.99. The highest BCUT2D eigenvalue weighted by Gasteiger charge is 2.19. The molecule has 0 radical (unpaired) electrons. The Morgan fingerprint density at radius 2 is 1.76 bits per heavy atom. The molecule has 1 aromatic rings. The van der Waals surface area contributed by atoms with E-state index in [2.05, 4.69) is 50.4 Å². The summed E-state index contributed by atoms with van der Waals surface area (Å²) >= 11 is 0. The predicted molar refractivity (Wildman–Crippen MR) is 72.9 cm³/mol. The number of aliphatic hydroxyl groups is 1. The van der Waals surface area contributed by atoms with E-state index in [9.17, 15) is 5.11 Å². The zero-order valence-electron chi connectivity index (χ0n) is 11.4. The molecule has 0 saturated heterocycles. The van der Waals surface area contributed by atoms with Gasteiger partial charge >= 0.3 is 0 Å². The molecule has 0 aliphatic carbocycles. The second-order valence-corrected chi connectivity index (χ2v) is 5.99. The van der Waals surface area contributed by atoms with Crippen LogP contribution in [-0.4, -0.2) is 17.8 Å². The van der Waals surface area contributed by atoms with Crippen molar-refractivity contribution in [1.82, 2.24) is 5.32 Å². The smallest absolute Gasteiger partial charge is 0.0636 e. The lowest BCUT2D eigenvalue weighted by Gasteiger charge is -2.28. The van der Waals surface area contributed by atoms with Gasteiger partial charge in [0, 0.05) is 12.6 Å². The van der Waals surface area contributed by atoms with Crippen LogP contribution in [0.3, 0.4) is 0 Å². The highest BCUT2D eigenvalue weighted by molar-refractivity contribution is 5.19. The zero-order chi connectivity index (χ0) is 12.9. The Hall–Kier alpha value is -0.860.